The molecule has 0 bridgehead atoms. The summed E-state index contributed by atoms with van der Waals surface area (Å²) < 4.78 is 0. The minimum atomic E-state index is 0.428. The molecule has 2 aromatic rings. The maximum Gasteiger partial charge on any atom is 0.0210 e. The molecule has 0 heterocycles. The van der Waals surface area contributed by atoms with Crippen LogP contribution in [0.5, 0.6) is 0 Å². The number of nitrogens with one attached hydrogen (secondary N) is 1. The van der Waals surface area contributed by atoms with E-state index in [-0.39, 0.29) is 0 Å². The van der Waals surface area contributed by atoms with Crippen LogP contribution in [0.15, 0.2) is 60.7 Å². The summed E-state index contributed by atoms with van der Waals surface area (Å²) in [6, 6.07) is 21.8. The molecule has 0 spiro atoms. The quantitative estimate of drug-likeness (QED) is 0.541. The van der Waals surface area contributed by atoms with Gasteiger partial charge < -0.3 is 0 Å². The van der Waals surface area contributed by atoms with Crippen molar-refractivity contribution >= 4 is 0 Å². The largest absolute Gasteiger partial charge is 0.271 e. The first-order valence-corrected chi connectivity index (χ1v) is 7.92. The Morgan fingerprint density at radius 3 is 1.52 bits per heavy atom. The van der Waals surface area contributed by atoms with Crippen molar-refractivity contribution in [2.45, 2.75) is 44.6 Å². The van der Waals surface area contributed by atoms with Crippen molar-refractivity contribution in [3.05, 3.63) is 71.8 Å². The van der Waals surface area contributed by atoms with Gasteiger partial charge in [0.1, 0.15) is 0 Å². The average Bonchev–Trinajstić information content (AvgIpc) is 2.55. The molecule has 0 atom stereocenters. The second-order valence-electron chi connectivity index (χ2n) is 5.62. The van der Waals surface area contributed by atoms with Crippen molar-refractivity contribution in [3.63, 3.8) is 0 Å². The fourth-order valence-corrected chi connectivity index (χ4v) is 2.71. The molecular weight excluding hydrogens is 256 g/mol. The number of benzene rings is 2. The SMILES string of the molecule is NNC(CCCc1ccccc1)CCCc1ccccc1. The Morgan fingerprint density at radius 1 is 0.714 bits per heavy atom. The van der Waals surface area contributed by atoms with Crippen molar-refractivity contribution in [2.24, 2.45) is 5.84 Å². The fraction of sp³-hybridized carbons (Fsp3) is 0.368. The molecule has 0 aromatic heterocycles. The van der Waals surface area contributed by atoms with Crippen LogP contribution in [0.3, 0.4) is 0 Å². The predicted molar refractivity (Wildman–Crippen MR) is 89.9 cm³/mol. The van der Waals surface area contributed by atoms with E-state index in [0.29, 0.717) is 6.04 Å². The standard InChI is InChI=1S/C19H26N2/c20-21-19(15-7-13-17-9-3-1-4-10-17)16-8-14-18-11-5-2-6-12-18/h1-6,9-12,19,21H,7-8,13-16,20H2. The van der Waals surface area contributed by atoms with Crippen LogP contribution in [-0.2, 0) is 12.8 Å². The molecule has 0 aliphatic rings. The van der Waals surface area contributed by atoms with E-state index in [1.54, 1.807) is 0 Å². The van der Waals surface area contributed by atoms with Crippen LogP contribution >= 0.6 is 0 Å². The lowest BCUT2D eigenvalue weighted by Gasteiger charge is -2.15. The molecule has 112 valence electrons. The van der Waals surface area contributed by atoms with Gasteiger partial charge in [-0.05, 0) is 49.7 Å². The normalized spacial score (nSPS) is 11.0. The average molecular weight is 282 g/mol. The van der Waals surface area contributed by atoms with Crippen LogP contribution < -0.4 is 11.3 Å². The van der Waals surface area contributed by atoms with Crippen molar-refractivity contribution in [3.8, 4) is 0 Å². The Balaban J connectivity index is 1.64. The summed E-state index contributed by atoms with van der Waals surface area (Å²) in [6.45, 7) is 0. The number of hydrogen-bond donors (Lipinski definition) is 2. The summed E-state index contributed by atoms with van der Waals surface area (Å²) in [4.78, 5) is 0. The fourth-order valence-electron chi connectivity index (χ4n) is 2.71. The van der Waals surface area contributed by atoms with Crippen LogP contribution in [0.1, 0.15) is 36.8 Å². The molecule has 0 saturated carbocycles. The van der Waals surface area contributed by atoms with Gasteiger partial charge in [-0.3, -0.25) is 11.3 Å². The number of hydrogen-bond acceptors (Lipinski definition) is 2. The first-order chi connectivity index (χ1) is 10.4. The van der Waals surface area contributed by atoms with Gasteiger partial charge in [0.15, 0.2) is 0 Å². The Morgan fingerprint density at radius 2 is 1.14 bits per heavy atom. The van der Waals surface area contributed by atoms with Crippen LogP contribution in [-0.4, -0.2) is 6.04 Å². The van der Waals surface area contributed by atoms with E-state index >= 15 is 0 Å². The van der Waals surface area contributed by atoms with Crippen molar-refractivity contribution in [1.82, 2.24) is 5.43 Å². The van der Waals surface area contributed by atoms with E-state index in [4.69, 9.17) is 5.84 Å². The highest BCUT2D eigenvalue weighted by Gasteiger charge is 2.06. The molecule has 0 fully saturated rings. The summed E-state index contributed by atoms with van der Waals surface area (Å²) in [7, 11) is 0. The number of aryl methyl sites for hydroxylation is 2. The molecule has 0 aliphatic heterocycles. The van der Waals surface area contributed by atoms with E-state index in [9.17, 15) is 0 Å². The molecule has 3 N–H and O–H groups in total. The van der Waals surface area contributed by atoms with E-state index in [1.807, 2.05) is 0 Å². The topological polar surface area (TPSA) is 38.0 Å². The van der Waals surface area contributed by atoms with Gasteiger partial charge in [0.2, 0.25) is 0 Å². The zero-order valence-corrected chi connectivity index (χ0v) is 12.7. The Bertz CT molecular complexity index is 436. The second kappa shape index (κ2) is 9.32. The van der Waals surface area contributed by atoms with Gasteiger partial charge in [-0.25, -0.2) is 0 Å². The highest BCUT2D eigenvalue weighted by Crippen LogP contribution is 2.11. The summed E-state index contributed by atoms with van der Waals surface area (Å²) in [5, 5.41) is 0. The number of rotatable bonds is 9. The van der Waals surface area contributed by atoms with E-state index in [2.05, 4.69) is 66.1 Å². The Hall–Kier alpha value is -1.64. The monoisotopic (exact) mass is 282 g/mol. The highest BCUT2D eigenvalue weighted by atomic mass is 15.2. The molecule has 21 heavy (non-hydrogen) atoms. The van der Waals surface area contributed by atoms with E-state index in [1.165, 1.54) is 24.0 Å². The zero-order chi connectivity index (χ0) is 14.8. The lowest BCUT2D eigenvalue weighted by atomic mass is 9.99. The first kappa shape index (κ1) is 15.7. The van der Waals surface area contributed by atoms with Crippen LogP contribution in [0, 0.1) is 0 Å². The third-order valence-corrected chi connectivity index (χ3v) is 3.96. The van der Waals surface area contributed by atoms with Crippen LogP contribution in [0.4, 0.5) is 0 Å². The Kier molecular flexibility index (Phi) is 6.99. The third-order valence-electron chi connectivity index (χ3n) is 3.96. The number of hydrazine groups is 1. The van der Waals surface area contributed by atoms with Crippen molar-refractivity contribution in [1.29, 1.82) is 0 Å². The molecule has 0 unspecified atom stereocenters. The minimum Gasteiger partial charge on any atom is -0.271 e. The van der Waals surface area contributed by atoms with E-state index in [0.717, 1.165) is 25.7 Å². The zero-order valence-electron chi connectivity index (χ0n) is 12.7. The van der Waals surface area contributed by atoms with Crippen LogP contribution in [0.25, 0.3) is 0 Å². The highest BCUT2D eigenvalue weighted by molar-refractivity contribution is 5.15. The molecule has 0 radical (unpaired) electrons. The summed E-state index contributed by atoms with van der Waals surface area (Å²) in [6.07, 6.45) is 6.92. The van der Waals surface area contributed by atoms with Crippen molar-refractivity contribution in [2.75, 3.05) is 0 Å². The first-order valence-electron chi connectivity index (χ1n) is 7.92. The molecule has 0 saturated heterocycles. The smallest absolute Gasteiger partial charge is 0.0210 e. The number of nitrogens with two attached hydrogens (primary N) is 1. The summed E-state index contributed by atoms with van der Waals surface area (Å²) in [5.41, 5.74) is 5.80. The van der Waals surface area contributed by atoms with Gasteiger partial charge in [-0.1, -0.05) is 60.7 Å². The maximum atomic E-state index is 5.68. The van der Waals surface area contributed by atoms with Gasteiger partial charge in [-0.15, -0.1) is 0 Å². The molecule has 2 aromatic carbocycles. The molecular formula is C19H26N2. The minimum absolute atomic E-state index is 0.428. The van der Waals surface area contributed by atoms with Gasteiger partial charge in [0.25, 0.3) is 0 Å². The molecule has 2 nitrogen and oxygen atoms in total. The molecule has 2 rings (SSSR count). The Labute approximate surface area is 128 Å². The van der Waals surface area contributed by atoms with Gasteiger partial charge in [0.05, 0.1) is 0 Å². The van der Waals surface area contributed by atoms with Crippen LogP contribution in [0.2, 0.25) is 0 Å². The molecule has 2 heteroatoms. The summed E-state index contributed by atoms with van der Waals surface area (Å²) in [5.74, 6) is 5.68. The second-order valence-corrected chi connectivity index (χ2v) is 5.62. The van der Waals surface area contributed by atoms with E-state index < -0.39 is 0 Å². The lowest BCUT2D eigenvalue weighted by Crippen LogP contribution is -2.35. The summed E-state index contributed by atoms with van der Waals surface area (Å²) >= 11 is 0. The van der Waals surface area contributed by atoms with Gasteiger partial charge in [0, 0.05) is 6.04 Å². The predicted octanol–water partition coefficient (Wildman–Crippen LogP) is 3.86. The van der Waals surface area contributed by atoms with Gasteiger partial charge in [-0.2, -0.15) is 0 Å². The van der Waals surface area contributed by atoms with Gasteiger partial charge >= 0.3 is 0 Å². The maximum absolute atomic E-state index is 5.68. The molecule has 0 aliphatic carbocycles. The van der Waals surface area contributed by atoms with Crippen molar-refractivity contribution < 1.29 is 0 Å². The lowest BCUT2D eigenvalue weighted by molar-refractivity contribution is 0.440. The third kappa shape index (κ3) is 6.11. The molecule has 0 amide bonds.